The van der Waals surface area contributed by atoms with Gasteiger partial charge in [0.25, 0.3) is 0 Å². The highest BCUT2D eigenvalue weighted by molar-refractivity contribution is 5.78. The summed E-state index contributed by atoms with van der Waals surface area (Å²) >= 11 is 0. The van der Waals surface area contributed by atoms with E-state index in [1.54, 1.807) is 13.8 Å². The van der Waals surface area contributed by atoms with Crippen LogP contribution in [0, 0.1) is 11.8 Å². The van der Waals surface area contributed by atoms with Crippen LogP contribution in [0.15, 0.2) is 0 Å². The number of carboxylic acid groups (broad SMARTS) is 1. The van der Waals surface area contributed by atoms with E-state index in [-0.39, 0.29) is 30.2 Å². The summed E-state index contributed by atoms with van der Waals surface area (Å²) in [5, 5.41) is 11.7. The molecule has 2 atom stereocenters. The van der Waals surface area contributed by atoms with Crippen LogP contribution in [-0.2, 0) is 14.3 Å². The quantitative estimate of drug-likeness (QED) is 0.792. The number of hydrogen-bond donors (Lipinski definition) is 2. The summed E-state index contributed by atoms with van der Waals surface area (Å²) < 4.78 is 4.67. The van der Waals surface area contributed by atoms with Crippen molar-refractivity contribution in [2.45, 2.75) is 32.7 Å². The molecule has 2 unspecified atom stereocenters. The molecule has 2 amide bonds. The van der Waals surface area contributed by atoms with Crippen LogP contribution in [0.4, 0.5) is 4.79 Å². The number of nitrogens with zero attached hydrogens (tertiary/aromatic N) is 1. The van der Waals surface area contributed by atoms with Crippen molar-refractivity contribution in [3.63, 3.8) is 0 Å². The highest BCUT2D eigenvalue weighted by Gasteiger charge is 2.32. The maximum atomic E-state index is 11.7. The third-order valence-electron chi connectivity index (χ3n) is 3.30. The lowest BCUT2D eigenvalue weighted by Gasteiger charge is -2.37. The highest BCUT2D eigenvalue weighted by atomic mass is 16.5. The van der Waals surface area contributed by atoms with Crippen LogP contribution in [0.3, 0.4) is 0 Å². The van der Waals surface area contributed by atoms with Gasteiger partial charge in [0.2, 0.25) is 5.91 Å². The molecule has 0 aromatic carbocycles. The number of piperidine rings is 1. The van der Waals surface area contributed by atoms with Gasteiger partial charge < -0.3 is 20.1 Å². The molecule has 0 saturated carbocycles. The molecule has 1 rings (SSSR count). The van der Waals surface area contributed by atoms with Gasteiger partial charge in [0, 0.05) is 31.5 Å². The van der Waals surface area contributed by atoms with E-state index in [2.05, 4.69) is 10.1 Å². The van der Waals surface area contributed by atoms with Gasteiger partial charge in [0.1, 0.15) is 0 Å². The maximum Gasteiger partial charge on any atom is 0.409 e. The second kappa shape index (κ2) is 7.12. The van der Waals surface area contributed by atoms with E-state index in [9.17, 15) is 14.4 Å². The summed E-state index contributed by atoms with van der Waals surface area (Å²) in [5.41, 5.74) is 0. The normalized spacial score (nSPS) is 22.5. The van der Waals surface area contributed by atoms with E-state index in [1.165, 1.54) is 12.0 Å². The van der Waals surface area contributed by atoms with Crippen LogP contribution in [0.2, 0.25) is 0 Å². The van der Waals surface area contributed by atoms with Crippen LogP contribution < -0.4 is 5.32 Å². The van der Waals surface area contributed by atoms with Gasteiger partial charge in [-0.2, -0.15) is 0 Å². The molecule has 1 aliphatic rings. The number of carbonyl (C=O) groups excluding carboxylic acids is 2. The largest absolute Gasteiger partial charge is 0.481 e. The first-order chi connectivity index (χ1) is 9.33. The molecule has 1 heterocycles. The standard InChI is InChI=1S/C13H22N2O5/c1-8(2)12(18)14-10-4-9(5-11(16)17)6-15(7-10)13(19)20-3/h8-10H,4-7H2,1-3H3,(H,14,18)(H,16,17). The molecule has 0 spiro atoms. The molecule has 1 saturated heterocycles. The molecule has 20 heavy (non-hydrogen) atoms. The van der Waals surface area contributed by atoms with E-state index >= 15 is 0 Å². The molecule has 1 aliphatic heterocycles. The van der Waals surface area contributed by atoms with E-state index < -0.39 is 12.1 Å². The van der Waals surface area contributed by atoms with Gasteiger partial charge in [-0.25, -0.2) is 4.79 Å². The van der Waals surface area contributed by atoms with E-state index in [1.807, 2.05) is 0 Å². The van der Waals surface area contributed by atoms with Gasteiger partial charge in [-0.3, -0.25) is 9.59 Å². The lowest BCUT2D eigenvalue weighted by Crippen LogP contribution is -2.53. The number of nitrogens with one attached hydrogen (secondary N) is 1. The zero-order chi connectivity index (χ0) is 15.3. The molecule has 0 bridgehead atoms. The van der Waals surface area contributed by atoms with Crippen molar-refractivity contribution in [2.75, 3.05) is 20.2 Å². The minimum atomic E-state index is -0.907. The lowest BCUT2D eigenvalue weighted by atomic mass is 9.91. The fraction of sp³-hybridized carbons (Fsp3) is 0.769. The second-order valence-electron chi connectivity index (χ2n) is 5.43. The van der Waals surface area contributed by atoms with Crippen molar-refractivity contribution in [1.29, 1.82) is 0 Å². The molecule has 0 aliphatic carbocycles. The van der Waals surface area contributed by atoms with E-state index in [0.717, 1.165) is 0 Å². The fourth-order valence-electron chi connectivity index (χ4n) is 2.35. The number of carboxylic acids is 1. The minimum Gasteiger partial charge on any atom is -0.481 e. The molecular weight excluding hydrogens is 264 g/mol. The van der Waals surface area contributed by atoms with Crippen LogP contribution in [-0.4, -0.2) is 54.2 Å². The molecule has 0 aromatic rings. The Morgan fingerprint density at radius 3 is 2.50 bits per heavy atom. The Morgan fingerprint density at radius 2 is 2.00 bits per heavy atom. The number of methoxy groups -OCH3 is 1. The van der Waals surface area contributed by atoms with Crippen LogP contribution >= 0.6 is 0 Å². The third-order valence-corrected chi connectivity index (χ3v) is 3.30. The molecular formula is C13H22N2O5. The molecule has 1 fully saturated rings. The first kappa shape index (κ1) is 16.3. The Bertz CT molecular complexity index is 383. The first-order valence-corrected chi connectivity index (χ1v) is 6.68. The number of amides is 2. The van der Waals surface area contributed by atoms with E-state index in [0.29, 0.717) is 19.5 Å². The number of rotatable bonds is 4. The SMILES string of the molecule is COC(=O)N1CC(CC(=O)O)CC(NC(=O)C(C)C)C1. The average molecular weight is 286 g/mol. The van der Waals surface area contributed by atoms with Crippen LogP contribution in [0.25, 0.3) is 0 Å². The fourth-order valence-corrected chi connectivity index (χ4v) is 2.35. The molecule has 0 radical (unpaired) electrons. The smallest absolute Gasteiger partial charge is 0.409 e. The predicted octanol–water partition coefficient (Wildman–Crippen LogP) is 0.690. The number of carbonyl (C=O) groups is 3. The number of likely N-dealkylation sites (tertiary alicyclic amines) is 1. The number of ether oxygens (including phenoxy) is 1. The summed E-state index contributed by atoms with van der Waals surface area (Å²) in [7, 11) is 1.28. The summed E-state index contributed by atoms with van der Waals surface area (Å²) in [6, 6.07) is -0.234. The lowest BCUT2D eigenvalue weighted by molar-refractivity contribution is -0.138. The third kappa shape index (κ3) is 4.71. The maximum absolute atomic E-state index is 11.7. The van der Waals surface area contributed by atoms with Gasteiger partial charge >= 0.3 is 12.1 Å². The average Bonchev–Trinajstić information content (AvgIpc) is 2.36. The predicted molar refractivity (Wildman–Crippen MR) is 71.1 cm³/mol. The van der Waals surface area contributed by atoms with Gasteiger partial charge in [-0.15, -0.1) is 0 Å². The number of aliphatic carboxylic acids is 1. The summed E-state index contributed by atoms with van der Waals surface area (Å²) in [4.78, 5) is 35.6. The Balaban J connectivity index is 2.71. The summed E-state index contributed by atoms with van der Waals surface area (Å²) in [6.07, 6.45) is 0.0312. The zero-order valence-corrected chi connectivity index (χ0v) is 12.1. The molecule has 114 valence electrons. The van der Waals surface area contributed by atoms with Crippen molar-refractivity contribution in [2.24, 2.45) is 11.8 Å². The van der Waals surface area contributed by atoms with Crippen LogP contribution in [0.5, 0.6) is 0 Å². The summed E-state index contributed by atoms with van der Waals surface area (Å²) in [6.45, 7) is 4.25. The Hall–Kier alpha value is -1.79. The van der Waals surface area contributed by atoms with Gasteiger partial charge in [0.05, 0.1) is 7.11 Å². The van der Waals surface area contributed by atoms with Gasteiger partial charge in [-0.05, 0) is 12.3 Å². The number of hydrogen-bond acceptors (Lipinski definition) is 4. The molecule has 0 aromatic heterocycles. The van der Waals surface area contributed by atoms with Crippen molar-refractivity contribution >= 4 is 18.0 Å². The highest BCUT2D eigenvalue weighted by Crippen LogP contribution is 2.21. The Kier molecular flexibility index (Phi) is 5.79. The van der Waals surface area contributed by atoms with Crippen molar-refractivity contribution in [1.82, 2.24) is 10.2 Å². The van der Waals surface area contributed by atoms with E-state index in [4.69, 9.17) is 5.11 Å². The Morgan fingerprint density at radius 1 is 1.35 bits per heavy atom. The first-order valence-electron chi connectivity index (χ1n) is 6.68. The second-order valence-corrected chi connectivity index (χ2v) is 5.43. The zero-order valence-electron chi connectivity index (χ0n) is 12.1. The molecule has 7 heteroatoms. The van der Waals surface area contributed by atoms with Crippen molar-refractivity contribution in [3.8, 4) is 0 Å². The topological polar surface area (TPSA) is 95.9 Å². The molecule has 7 nitrogen and oxygen atoms in total. The van der Waals surface area contributed by atoms with Crippen molar-refractivity contribution in [3.05, 3.63) is 0 Å². The summed E-state index contributed by atoms with van der Waals surface area (Å²) in [5.74, 6) is -1.34. The van der Waals surface area contributed by atoms with Crippen LogP contribution in [0.1, 0.15) is 26.7 Å². The monoisotopic (exact) mass is 286 g/mol. The minimum absolute atomic E-state index is 0.0262. The van der Waals surface area contributed by atoms with Gasteiger partial charge in [-0.1, -0.05) is 13.8 Å². The van der Waals surface area contributed by atoms with Crippen molar-refractivity contribution < 1.29 is 24.2 Å². The van der Waals surface area contributed by atoms with Gasteiger partial charge in [0.15, 0.2) is 0 Å². The molecule has 2 N–H and O–H groups in total. The Labute approximate surface area is 118 Å².